The Morgan fingerprint density at radius 3 is 1.92 bits per heavy atom. The SMILES string of the molecule is CC(C)(CO)C(C)(O)C(O)CCO. The summed E-state index contributed by atoms with van der Waals surface area (Å²) >= 11 is 0. The standard InChI is InChI=1S/C9H20O4/c1-8(2,6-11)9(3,13)7(12)4-5-10/h7,10-13H,4-6H2,1-3H3. The van der Waals surface area contributed by atoms with E-state index in [0.717, 1.165) is 0 Å². The van der Waals surface area contributed by atoms with Gasteiger partial charge in [-0.3, -0.25) is 0 Å². The molecule has 0 aliphatic carbocycles. The zero-order chi connectivity index (χ0) is 10.7. The van der Waals surface area contributed by atoms with Crippen molar-refractivity contribution in [2.24, 2.45) is 5.41 Å². The smallest absolute Gasteiger partial charge is 0.0950 e. The van der Waals surface area contributed by atoms with Gasteiger partial charge in [-0.15, -0.1) is 0 Å². The minimum absolute atomic E-state index is 0.108. The van der Waals surface area contributed by atoms with Crippen molar-refractivity contribution in [2.45, 2.75) is 38.9 Å². The first-order valence-electron chi connectivity index (χ1n) is 4.41. The van der Waals surface area contributed by atoms with Gasteiger partial charge in [-0.2, -0.15) is 0 Å². The molecule has 0 amide bonds. The molecule has 0 aliphatic rings. The monoisotopic (exact) mass is 192 g/mol. The van der Waals surface area contributed by atoms with E-state index in [0.29, 0.717) is 0 Å². The highest BCUT2D eigenvalue weighted by Gasteiger charge is 2.44. The van der Waals surface area contributed by atoms with Crippen molar-refractivity contribution in [3.05, 3.63) is 0 Å². The summed E-state index contributed by atoms with van der Waals surface area (Å²) in [6, 6.07) is 0. The summed E-state index contributed by atoms with van der Waals surface area (Å²) in [7, 11) is 0. The highest BCUT2D eigenvalue weighted by molar-refractivity contribution is 4.94. The Bertz CT molecular complexity index is 154. The molecule has 2 atom stereocenters. The lowest BCUT2D eigenvalue weighted by atomic mass is 9.72. The summed E-state index contributed by atoms with van der Waals surface area (Å²) in [5.74, 6) is 0. The van der Waals surface area contributed by atoms with Gasteiger partial charge in [0.05, 0.1) is 18.3 Å². The van der Waals surface area contributed by atoms with E-state index in [1.807, 2.05) is 0 Å². The molecule has 0 bridgehead atoms. The maximum Gasteiger partial charge on any atom is 0.0950 e. The van der Waals surface area contributed by atoms with Crippen LogP contribution in [0.1, 0.15) is 27.2 Å². The molecular weight excluding hydrogens is 172 g/mol. The lowest BCUT2D eigenvalue weighted by Crippen LogP contribution is -2.53. The van der Waals surface area contributed by atoms with Gasteiger partial charge in [-0.1, -0.05) is 13.8 Å². The van der Waals surface area contributed by atoms with Crippen LogP contribution in [-0.2, 0) is 0 Å². The predicted molar refractivity (Wildman–Crippen MR) is 49.2 cm³/mol. The van der Waals surface area contributed by atoms with Crippen LogP contribution in [-0.4, -0.2) is 45.3 Å². The van der Waals surface area contributed by atoms with Crippen molar-refractivity contribution in [1.82, 2.24) is 0 Å². The van der Waals surface area contributed by atoms with E-state index in [9.17, 15) is 10.2 Å². The average molecular weight is 192 g/mol. The van der Waals surface area contributed by atoms with Crippen LogP contribution in [0.3, 0.4) is 0 Å². The summed E-state index contributed by atoms with van der Waals surface area (Å²) in [5.41, 5.74) is -2.19. The van der Waals surface area contributed by atoms with E-state index in [-0.39, 0.29) is 19.6 Å². The second-order valence-electron chi connectivity index (χ2n) is 4.22. The highest BCUT2D eigenvalue weighted by atomic mass is 16.3. The van der Waals surface area contributed by atoms with Crippen LogP contribution in [0.4, 0.5) is 0 Å². The third-order valence-corrected chi connectivity index (χ3v) is 2.82. The molecule has 0 fully saturated rings. The fraction of sp³-hybridized carbons (Fsp3) is 1.00. The van der Waals surface area contributed by atoms with Crippen molar-refractivity contribution in [3.8, 4) is 0 Å². The molecule has 4 N–H and O–H groups in total. The van der Waals surface area contributed by atoms with Crippen LogP contribution in [0, 0.1) is 5.41 Å². The van der Waals surface area contributed by atoms with Gasteiger partial charge in [0, 0.05) is 12.0 Å². The van der Waals surface area contributed by atoms with Gasteiger partial charge in [0.2, 0.25) is 0 Å². The van der Waals surface area contributed by atoms with E-state index < -0.39 is 17.1 Å². The molecule has 0 rings (SSSR count). The van der Waals surface area contributed by atoms with E-state index in [1.165, 1.54) is 6.92 Å². The highest BCUT2D eigenvalue weighted by Crippen LogP contribution is 2.33. The van der Waals surface area contributed by atoms with Crippen molar-refractivity contribution >= 4 is 0 Å². The Morgan fingerprint density at radius 1 is 1.15 bits per heavy atom. The summed E-state index contributed by atoms with van der Waals surface area (Å²) < 4.78 is 0. The van der Waals surface area contributed by atoms with Crippen molar-refractivity contribution in [3.63, 3.8) is 0 Å². The lowest BCUT2D eigenvalue weighted by Gasteiger charge is -2.41. The third-order valence-electron chi connectivity index (χ3n) is 2.82. The quantitative estimate of drug-likeness (QED) is 0.473. The first kappa shape index (κ1) is 12.8. The van der Waals surface area contributed by atoms with Gasteiger partial charge in [0.1, 0.15) is 0 Å². The minimum atomic E-state index is -1.40. The minimum Gasteiger partial charge on any atom is -0.396 e. The van der Waals surface area contributed by atoms with Gasteiger partial charge in [0.15, 0.2) is 0 Å². The normalized spacial score (nSPS) is 19.6. The first-order chi connectivity index (χ1) is 5.79. The number of hydrogen-bond acceptors (Lipinski definition) is 4. The lowest BCUT2D eigenvalue weighted by molar-refractivity contribution is -0.153. The van der Waals surface area contributed by atoms with Crippen LogP contribution in [0.25, 0.3) is 0 Å². The van der Waals surface area contributed by atoms with Gasteiger partial charge in [0.25, 0.3) is 0 Å². The largest absolute Gasteiger partial charge is 0.396 e. The molecule has 0 radical (unpaired) electrons. The van der Waals surface area contributed by atoms with Crippen LogP contribution >= 0.6 is 0 Å². The predicted octanol–water partition coefficient (Wildman–Crippen LogP) is -0.501. The Hall–Kier alpha value is -0.160. The Labute approximate surface area is 78.8 Å². The molecule has 0 aromatic carbocycles. The number of aliphatic hydroxyl groups is 4. The topological polar surface area (TPSA) is 80.9 Å². The molecule has 4 nitrogen and oxygen atoms in total. The van der Waals surface area contributed by atoms with Gasteiger partial charge in [-0.25, -0.2) is 0 Å². The molecular formula is C9H20O4. The van der Waals surface area contributed by atoms with Crippen molar-refractivity contribution in [2.75, 3.05) is 13.2 Å². The fourth-order valence-corrected chi connectivity index (χ4v) is 1.01. The molecule has 13 heavy (non-hydrogen) atoms. The molecule has 2 unspecified atom stereocenters. The second-order valence-corrected chi connectivity index (χ2v) is 4.22. The molecule has 4 heteroatoms. The van der Waals surface area contributed by atoms with Crippen LogP contribution in [0.15, 0.2) is 0 Å². The molecule has 0 aromatic rings. The Balaban J connectivity index is 4.53. The first-order valence-corrected chi connectivity index (χ1v) is 4.41. The van der Waals surface area contributed by atoms with Gasteiger partial charge in [-0.05, 0) is 13.3 Å². The van der Waals surface area contributed by atoms with E-state index in [4.69, 9.17) is 10.2 Å². The zero-order valence-corrected chi connectivity index (χ0v) is 8.49. The number of aliphatic hydroxyl groups excluding tert-OH is 3. The molecule has 0 aromatic heterocycles. The Morgan fingerprint density at radius 2 is 1.62 bits per heavy atom. The molecule has 0 aliphatic heterocycles. The maximum absolute atomic E-state index is 9.92. The van der Waals surface area contributed by atoms with E-state index in [1.54, 1.807) is 13.8 Å². The molecule has 0 heterocycles. The van der Waals surface area contributed by atoms with Crippen LogP contribution in [0.5, 0.6) is 0 Å². The fourth-order valence-electron chi connectivity index (χ4n) is 1.01. The van der Waals surface area contributed by atoms with Crippen molar-refractivity contribution in [1.29, 1.82) is 0 Å². The average Bonchev–Trinajstić information content (AvgIpc) is 2.04. The molecule has 0 saturated carbocycles. The van der Waals surface area contributed by atoms with E-state index >= 15 is 0 Å². The third kappa shape index (κ3) is 2.64. The van der Waals surface area contributed by atoms with E-state index in [2.05, 4.69) is 0 Å². The molecule has 0 spiro atoms. The van der Waals surface area contributed by atoms with Crippen LogP contribution < -0.4 is 0 Å². The zero-order valence-electron chi connectivity index (χ0n) is 8.49. The van der Waals surface area contributed by atoms with Crippen LogP contribution in [0.2, 0.25) is 0 Å². The summed E-state index contributed by atoms with van der Waals surface area (Å²) in [4.78, 5) is 0. The maximum atomic E-state index is 9.92. The number of rotatable bonds is 5. The second kappa shape index (κ2) is 4.37. The summed E-state index contributed by atoms with van der Waals surface area (Å²) in [6.07, 6.45) is -0.921. The summed E-state index contributed by atoms with van der Waals surface area (Å²) in [6.45, 7) is 4.38. The van der Waals surface area contributed by atoms with Gasteiger partial charge >= 0.3 is 0 Å². The molecule has 80 valence electrons. The van der Waals surface area contributed by atoms with Gasteiger partial charge < -0.3 is 20.4 Å². The summed E-state index contributed by atoms with van der Waals surface area (Å²) in [5, 5.41) is 37.1. The Kier molecular flexibility index (Phi) is 4.32. The molecule has 0 saturated heterocycles. The van der Waals surface area contributed by atoms with Crippen molar-refractivity contribution < 1.29 is 20.4 Å². The number of hydrogen-bond donors (Lipinski definition) is 4.